The molecule has 1 aliphatic heterocycles. The highest BCUT2D eigenvalue weighted by Crippen LogP contribution is 2.49. The van der Waals surface area contributed by atoms with Crippen LogP contribution in [0, 0.1) is 11.3 Å². The highest BCUT2D eigenvalue weighted by atomic mass is 16.4. The minimum Gasteiger partial charge on any atom is -0.481 e. The Labute approximate surface area is 123 Å². The van der Waals surface area contributed by atoms with Gasteiger partial charge in [0.15, 0.2) is 0 Å². The van der Waals surface area contributed by atoms with Crippen LogP contribution in [0.3, 0.4) is 0 Å². The van der Waals surface area contributed by atoms with Crippen molar-refractivity contribution in [3.63, 3.8) is 0 Å². The molecular formula is C16H19N3O2. The second-order valence-electron chi connectivity index (χ2n) is 6.39. The Hall–Kier alpha value is -2.04. The van der Waals surface area contributed by atoms with Gasteiger partial charge in [-0.15, -0.1) is 0 Å². The maximum Gasteiger partial charge on any atom is 0.311 e. The number of anilines is 1. The highest BCUT2D eigenvalue weighted by molar-refractivity contribution is 5.80. The molecule has 2 atom stereocenters. The van der Waals surface area contributed by atoms with E-state index in [0.29, 0.717) is 6.54 Å². The summed E-state index contributed by atoms with van der Waals surface area (Å²) in [4.78, 5) is 18.7. The lowest BCUT2D eigenvalue weighted by molar-refractivity contribution is -0.149. The molecule has 1 aromatic heterocycles. The average molecular weight is 285 g/mol. The summed E-state index contributed by atoms with van der Waals surface area (Å²) in [7, 11) is 2.01. The van der Waals surface area contributed by atoms with Crippen molar-refractivity contribution in [3.05, 3.63) is 24.3 Å². The minimum absolute atomic E-state index is 0.259. The van der Waals surface area contributed by atoms with Crippen LogP contribution in [0.25, 0.3) is 11.0 Å². The molecule has 4 rings (SSSR count). The second-order valence-corrected chi connectivity index (χ2v) is 6.39. The minimum atomic E-state index is -0.633. The molecule has 1 aliphatic carbocycles. The molecule has 21 heavy (non-hydrogen) atoms. The van der Waals surface area contributed by atoms with Gasteiger partial charge in [-0.2, -0.15) is 0 Å². The molecule has 5 nitrogen and oxygen atoms in total. The monoisotopic (exact) mass is 285 g/mol. The molecule has 0 amide bonds. The van der Waals surface area contributed by atoms with Crippen molar-refractivity contribution in [1.82, 2.24) is 9.55 Å². The van der Waals surface area contributed by atoms with Gasteiger partial charge in [-0.05, 0) is 30.9 Å². The Kier molecular flexibility index (Phi) is 2.55. The van der Waals surface area contributed by atoms with Crippen molar-refractivity contribution in [2.24, 2.45) is 18.4 Å². The number of carboxylic acids is 1. The van der Waals surface area contributed by atoms with E-state index in [4.69, 9.17) is 4.98 Å². The average Bonchev–Trinajstić information content (AvgIpc) is 3.10. The van der Waals surface area contributed by atoms with Crippen molar-refractivity contribution in [2.45, 2.75) is 19.3 Å². The van der Waals surface area contributed by atoms with E-state index in [2.05, 4.69) is 15.5 Å². The fourth-order valence-electron chi connectivity index (χ4n) is 4.21. The van der Waals surface area contributed by atoms with Crippen LogP contribution in [0.1, 0.15) is 19.3 Å². The fourth-order valence-corrected chi connectivity index (χ4v) is 4.21. The summed E-state index contributed by atoms with van der Waals surface area (Å²) in [6, 6.07) is 8.04. The number of rotatable bonds is 2. The molecule has 1 N–H and O–H groups in total. The molecule has 1 saturated carbocycles. The van der Waals surface area contributed by atoms with Gasteiger partial charge in [0.05, 0.1) is 16.4 Å². The smallest absolute Gasteiger partial charge is 0.311 e. The molecule has 0 bridgehead atoms. The third-order valence-electron chi connectivity index (χ3n) is 5.34. The number of fused-ring (bicyclic) bond motifs is 2. The second kappa shape index (κ2) is 4.23. The number of aromatic nitrogens is 2. The maximum atomic E-state index is 11.8. The SMILES string of the molecule is Cn1c(N2C[C@@H]3CCC[C@@]3(C(=O)O)C2)nc2ccccc21. The van der Waals surface area contributed by atoms with Crippen molar-refractivity contribution in [2.75, 3.05) is 18.0 Å². The van der Waals surface area contributed by atoms with Gasteiger partial charge >= 0.3 is 5.97 Å². The lowest BCUT2D eigenvalue weighted by Crippen LogP contribution is -2.36. The number of para-hydroxylation sites is 2. The highest BCUT2D eigenvalue weighted by Gasteiger charge is 2.55. The zero-order chi connectivity index (χ0) is 14.6. The zero-order valence-corrected chi connectivity index (χ0v) is 12.1. The number of hydrogen-bond donors (Lipinski definition) is 1. The molecular weight excluding hydrogens is 266 g/mol. The molecule has 110 valence electrons. The Morgan fingerprint density at radius 2 is 2.24 bits per heavy atom. The summed E-state index contributed by atoms with van der Waals surface area (Å²) >= 11 is 0. The first kappa shape index (κ1) is 12.7. The lowest BCUT2D eigenvalue weighted by atomic mass is 9.81. The van der Waals surface area contributed by atoms with Crippen molar-refractivity contribution >= 4 is 23.0 Å². The molecule has 1 saturated heterocycles. The van der Waals surface area contributed by atoms with Gasteiger partial charge in [-0.25, -0.2) is 4.98 Å². The lowest BCUT2D eigenvalue weighted by Gasteiger charge is -2.23. The van der Waals surface area contributed by atoms with Gasteiger partial charge in [0.2, 0.25) is 5.95 Å². The van der Waals surface area contributed by atoms with E-state index in [-0.39, 0.29) is 5.92 Å². The van der Waals surface area contributed by atoms with Gasteiger partial charge in [0, 0.05) is 20.1 Å². The van der Waals surface area contributed by atoms with E-state index in [1.54, 1.807) is 0 Å². The maximum absolute atomic E-state index is 11.8. The number of nitrogens with zero attached hydrogens (tertiary/aromatic N) is 3. The zero-order valence-electron chi connectivity index (χ0n) is 12.1. The van der Waals surface area contributed by atoms with Gasteiger partial charge < -0.3 is 14.6 Å². The van der Waals surface area contributed by atoms with Crippen molar-refractivity contribution in [3.8, 4) is 0 Å². The number of imidazole rings is 1. The third-order valence-corrected chi connectivity index (χ3v) is 5.34. The molecule has 0 spiro atoms. The van der Waals surface area contributed by atoms with Crippen LogP contribution in [0.2, 0.25) is 0 Å². The summed E-state index contributed by atoms with van der Waals surface area (Å²) in [6.45, 7) is 1.40. The number of carbonyl (C=O) groups is 1. The summed E-state index contributed by atoms with van der Waals surface area (Å²) in [5.74, 6) is 0.521. The third kappa shape index (κ3) is 1.63. The number of aryl methyl sites for hydroxylation is 1. The summed E-state index contributed by atoms with van der Waals surface area (Å²) in [5, 5.41) is 9.69. The van der Waals surface area contributed by atoms with E-state index in [9.17, 15) is 9.90 Å². The topological polar surface area (TPSA) is 58.4 Å². The normalized spacial score (nSPS) is 28.2. The first-order chi connectivity index (χ1) is 10.1. The van der Waals surface area contributed by atoms with Crippen LogP contribution in [-0.4, -0.2) is 33.7 Å². The number of aliphatic carboxylic acids is 1. The Balaban J connectivity index is 1.74. The van der Waals surface area contributed by atoms with Crippen molar-refractivity contribution < 1.29 is 9.90 Å². The van der Waals surface area contributed by atoms with Crippen LogP contribution < -0.4 is 4.90 Å². The molecule has 2 aliphatic rings. The van der Waals surface area contributed by atoms with E-state index < -0.39 is 11.4 Å². The Bertz CT molecular complexity index is 723. The molecule has 0 unspecified atom stereocenters. The Morgan fingerprint density at radius 3 is 2.95 bits per heavy atom. The molecule has 2 heterocycles. The molecule has 0 radical (unpaired) electrons. The summed E-state index contributed by atoms with van der Waals surface area (Å²) in [5.41, 5.74) is 1.50. The van der Waals surface area contributed by atoms with Gasteiger partial charge in [0.1, 0.15) is 0 Å². The number of hydrogen-bond acceptors (Lipinski definition) is 3. The van der Waals surface area contributed by atoms with E-state index >= 15 is 0 Å². The molecule has 5 heteroatoms. The first-order valence-electron chi connectivity index (χ1n) is 7.52. The Morgan fingerprint density at radius 1 is 1.43 bits per heavy atom. The fraction of sp³-hybridized carbons (Fsp3) is 0.500. The van der Waals surface area contributed by atoms with E-state index in [1.165, 1.54) is 0 Å². The number of carboxylic acid groups (broad SMARTS) is 1. The van der Waals surface area contributed by atoms with Crippen LogP contribution in [0.5, 0.6) is 0 Å². The van der Waals surface area contributed by atoms with Gasteiger partial charge in [-0.1, -0.05) is 18.6 Å². The first-order valence-corrected chi connectivity index (χ1v) is 7.52. The van der Waals surface area contributed by atoms with Crippen LogP contribution in [0.4, 0.5) is 5.95 Å². The summed E-state index contributed by atoms with van der Waals surface area (Å²) in [6.07, 6.45) is 2.85. The quantitative estimate of drug-likeness (QED) is 0.919. The predicted molar refractivity (Wildman–Crippen MR) is 80.3 cm³/mol. The molecule has 2 fully saturated rings. The van der Waals surface area contributed by atoms with Gasteiger partial charge in [-0.3, -0.25) is 4.79 Å². The van der Waals surface area contributed by atoms with Crippen LogP contribution in [-0.2, 0) is 11.8 Å². The standard InChI is InChI=1S/C16H19N3O2/c1-18-13-7-3-2-6-12(13)17-15(18)19-9-11-5-4-8-16(11,10-19)14(20)21/h2-3,6-7,11H,4-5,8-10H2,1H3,(H,20,21)/t11-,16+/m0/s1. The molecule has 1 aromatic carbocycles. The van der Waals surface area contributed by atoms with Crippen LogP contribution >= 0.6 is 0 Å². The largest absolute Gasteiger partial charge is 0.481 e. The predicted octanol–water partition coefficient (Wildman–Crippen LogP) is 2.26. The number of benzene rings is 1. The van der Waals surface area contributed by atoms with E-state index in [0.717, 1.165) is 42.8 Å². The molecule has 2 aromatic rings. The van der Waals surface area contributed by atoms with Gasteiger partial charge in [0.25, 0.3) is 0 Å². The summed E-state index contributed by atoms with van der Waals surface area (Å²) < 4.78 is 2.08. The van der Waals surface area contributed by atoms with Crippen LogP contribution in [0.15, 0.2) is 24.3 Å². The van der Waals surface area contributed by atoms with E-state index in [1.807, 2.05) is 25.2 Å². The van der Waals surface area contributed by atoms with Crippen molar-refractivity contribution in [1.29, 1.82) is 0 Å².